The maximum atomic E-state index is 13.3. The highest BCUT2D eigenvalue weighted by atomic mass is 35.5. The second-order valence-corrected chi connectivity index (χ2v) is 10.1. The summed E-state index contributed by atoms with van der Waals surface area (Å²) in [5.74, 6) is 0.192. The van der Waals surface area contributed by atoms with E-state index in [0.717, 1.165) is 33.5 Å². The lowest BCUT2D eigenvalue weighted by Gasteiger charge is -2.17. The second kappa shape index (κ2) is 11.0. The summed E-state index contributed by atoms with van der Waals surface area (Å²) in [6.45, 7) is 4.80. The molecule has 2 aromatic heterocycles. The van der Waals surface area contributed by atoms with Crippen LogP contribution < -0.4 is 5.32 Å². The van der Waals surface area contributed by atoms with Crippen molar-refractivity contribution in [2.75, 3.05) is 13.2 Å². The molecule has 0 radical (unpaired) electrons. The number of carbonyl (C=O) groups excluding carboxylic acids is 1. The molecule has 0 saturated carbocycles. The van der Waals surface area contributed by atoms with Crippen LogP contribution in [0.15, 0.2) is 67.0 Å². The van der Waals surface area contributed by atoms with Gasteiger partial charge >= 0.3 is 0 Å². The minimum Gasteiger partial charge on any atom is -0.394 e. The average Bonchev–Trinajstić information content (AvgIpc) is 3.52. The maximum absolute atomic E-state index is 13.3. The predicted molar refractivity (Wildman–Crippen MR) is 151 cm³/mol. The third-order valence-electron chi connectivity index (χ3n) is 6.68. The van der Waals surface area contributed by atoms with E-state index in [0.29, 0.717) is 13.1 Å². The number of fused-ring (bicyclic) bond motifs is 1. The first-order chi connectivity index (χ1) is 18.3. The Hall–Kier alpha value is -3.65. The van der Waals surface area contributed by atoms with E-state index in [9.17, 15) is 4.79 Å². The number of hydrogen-bond acceptors (Lipinski definition) is 4. The number of amides is 1. The van der Waals surface area contributed by atoms with E-state index in [2.05, 4.69) is 41.4 Å². The van der Waals surface area contributed by atoms with Crippen LogP contribution in [0.2, 0.25) is 10.0 Å². The first-order valence-corrected chi connectivity index (χ1v) is 13.0. The molecule has 38 heavy (non-hydrogen) atoms. The van der Waals surface area contributed by atoms with E-state index in [-0.39, 0.29) is 34.0 Å². The predicted octanol–water partition coefficient (Wildman–Crippen LogP) is 5.90. The number of aliphatic hydroxyl groups excluding tert-OH is 1. The van der Waals surface area contributed by atoms with Crippen molar-refractivity contribution >= 4 is 40.1 Å². The molecule has 3 aromatic carbocycles. The fourth-order valence-corrected chi connectivity index (χ4v) is 5.15. The molecule has 0 saturated heterocycles. The SMILES string of the molecule is Cc1cc2nc(C(CNC(=O)c3c(Cl)cc(-c4cnn(CCO)c4)cc3Cl)c3ccccc3)[nH]c2cc1C. The van der Waals surface area contributed by atoms with Gasteiger partial charge in [0.2, 0.25) is 0 Å². The topological polar surface area (TPSA) is 95.8 Å². The van der Waals surface area contributed by atoms with E-state index >= 15 is 0 Å². The third kappa shape index (κ3) is 5.31. The summed E-state index contributed by atoms with van der Waals surface area (Å²) in [6.07, 6.45) is 3.46. The van der Waals surface area contributed by atoms with E-state index in [1.165, 1.54) is 11.1 Å². The Morgan fingerprint density at radius 2 is 1.76 bits per heavy atom. The molecular formula is C29H27Cl2N5O2. The van der Waals surface area contributed by atoms with Gasteiger partial charge in [-0.3, -0.25) is 9.48 Å². The van der Waals surface area contributed by atoms with E-state index in [1.807, 2.05) is 30.3 Å². The first-order valence-electron chi connectivity index (χ1n) is 12.3. The molecule has 9 heteroatoms. The quantitative estimate of drug-likeness (QED) is 0.225. The van der Waals surface area contributed by atoms with Gasteiger partial charge in [-0.15, -0.1) is 0 Å². The Kier molecular flexibility index (Phi) is 7.51. The zero-order valence-corrected chi connectivity index (χ0v) is 22.5. The number of benzene rings is 3. The third-order valence-corrected chi connectivity index (χ3v) is 7.28. The number of aliphatic hydroxyl groups is 1. The van der Waals surface area contributed by atoms with Crippen molar-refractivity contribution in [3.05, 3.63) is 105 Å². The highest BCUT2D eigenvalue weighted by Gasteiger charge is 2.22. The summed E-state index contributed by atoms with van der Waals surface area (Å²) in [6, 6.07) is 17.5. The Morgan fingerprint density at radius 1 is 1.05 bits per heavy atom. The summed E-state index contributed by atoms with van der Waals surface area (Å²) in [7, 11) is 0. The molecule has 0 aliphatic carbocycles. The maximum Gasteiger partial charge on any atom is 0.254 e. The van der Waals surface area contributed by atoms with Gasteiger partial charge in [-0.2, -0.15) is 5.10 Å². The summed E-state index contributed by atoms with van der Waals surface area (Å²) >= 11 is 13.1. The highest BCUT2D eigenvalue weighted by molar-refractivity contribution is 6.40. The number of rotatable bonds is 8. The number of halogens is 2. The van der Waals surface area contributed by atoms with Gasteiger partial charge in [0.25, 0.3) is 5.91 Å². The van der Waals surface area contributed by atoms with Gasteiger partial charge in [-0.05, 0) is 60.4 Å². The van der Waals surface area contributed by atoms with Crippen LogP contribution in [0, 0.1) is 13.8 Å². The number of aromatic amines is 1. The van der Waals surface area contributed by atoms with Crippen molar-refractivity contribution in [3.63, 3.8) is 0 Å². The molecule has 0 aliphatic rings. The van der Waals surface area contributed by atoms with Crippen LogP contribution in [0.1, 0.15) is 38.8 Å². The monoisotopic (exact) mass is 547 g/mol. The Balaban J connectivity index is 1.41. The summed E-state index contributed by atoms with van der Waals surface area (Å²) in [4.78, 5) is 21.6. The molecule has 2 heterocycles. The smallest absolute Gasteiger partial charge is 0.254 e. The van der Waals surface area contributed by atoms with Gasteiger partial charge < -0.3 is 15.4 Å². The molecule has 1 amide bonds. The fourth-order valence-electron chi connectivity index (χ4n) is 4.49. The largest absolute Gasteiger partial charge is 0.394 e. The number of aryl methyl sites for hydroxylation is 2. The van der Waals surface area contributed by atoms with Crippen molar-refractivity contribution < 1.29 is 9.90 Å². The Morgan fingerprint density at radius 3 is 2.47 bits per heavy atom. The summed E-state index contributed by atoms with van der Waals surface area (Å²) in [5, 5.41) is 16.8. The van der Waals surface area contributed by atoms with Crippen molar-refractivity contribution in [1.29, 1.82) is 0 Å². The van der Waals surface area contributed by atoms with E-state index < -0.39 is 0 Å². The number of nitrogens with one attached hydrogen (secondary N) is 2. The molecule has 0 bridgehead atoms. The number of carbonyl (C=O) groups is 1. The van der Waals surface area contributed by atoms with Crippen LogP contribution in [0.3, 0.4) is 0 Å². The number of hydrogen-bond donors (Lipinski definition) is 3. The molecule has 0 fully saturated rings. The van der Waals surface area contributed by atoms with Crippen molar-refractivity contribution in [2.24, 2.45) is 0 Å². The lowest BCUT2D eigenvalue weighted by Crippen LogP contribution is -2.29. The van der Waals surface area contributed by atoms with E-state index in [1.54, 1.807) is 29.2 Å². The van der Waals surface area contributed by atoms with Gasteiger partial charge in [-0.25, -0.2) is 4.98 Å². The van der Waals surface area contributed by atoms with Crippen LogP contribution in [0.25, 0.3) is 22.2 Å². The van der Waals surface area contributed by atoms with Gasteiger partial charge in [-0.1, -0.05) is 53.5 Å². The lowest BCUT2D eigenvalue weighted by molar-refractivity contribution is 0.0952. The number of nitrogens with zero attached hydrogens (tertiary/aromatic N) is 3. The minimum atomic E-state index is -0.369. The molecule has 0 spiro atoms. The molecule has 5 rings (SSSR count). The van der Waals surface area contributed by atoms with Gasteiger partial charge in [0, 0.05) is 18.3 Å². The van der Waals surface area contributed by atoms with Crippen molar-refractivity contribution in [3.8, 4) is 11.1 Å². The zero-order chi connectivity index (χ0) is 26.8. The highest BCUT2D eigenvalue weighted by Crippen LogP contribution is 2.32. The molecule has 194 valence electrons. The number of H-pyrrole nitrogens is 1. The molecule has 0 aliphatic heterocycles. The van der Waals surface area contributed by atoms with Crippen LogP contribution in [-0.4, -0.2) is 43.9 Å². The average molecular weight is 548 g/mol. The van der Waals surface area contributed by atoms with Crippen molar-refractivity contribution in [1.82, 2.24) is 25.1 Å². The Bertz CT molecular complexity index is 1550. The standard InChI is InChI=1S/C29H27Cl2N5O2/c1-17-10-25-26(11-18(17)2)35-28(34-25)22(19-6-4-3-5-7-19)15-32-29(38)27-23(30)12-20(13-24(27)31)21-14-33-36(16-21)8-9-37/h3-7,10-14,16,22,37H,8-9,15H2,1-2H3,(H,32,38)(H,34,35). The molecule has 7 nitrogen and oxygen atoms in total. The molecule has 3 N–H and O–H groups in total. The van der Waals surface area contributed by atoms with E-state index in [4.69, 9.17) is 33.3 Å². The molecular weight excluding hydrogens is 521 g/mol. The van der Waals surface area contributed by atoms with Gasteiger partial charge in [0.05, 0.1) is 51.9 Å². The number of aromatic nitrogens is 4. The van der Waals surface area contributed by atoms with Crippen molar-refractivity contribution in [2.45, 2.75) is 26.3 Å². The number of imidazole rings is 1. The normalized spacial score (nSPS) is 12.1. The van der Waals surface area contributed by atoms with Crippen LogP contribution in [0.5, 0.6) is 0 Å². The van der Waals surface area contributed by atoms with Gasteiger partial charge in [0.1, 0.15) is 5.82 Å². The van der Waals surface area contributed by atoms with Crippen LogP contribution in [0.4, 0.5) is 0 Å². The molecule has 1 unspecified atom stereocenters. The zero-order valence-electron chi connectivity index (χ0n) is 21.0. The molecule has 5 aromatic rings. The lowest BCUT2D eigenvalue weighted by atomic mass is 9.98. The van der Waals surface area contributed by atoms with Crippen LogP contribution >= 0.6 is 23.2 Å². The van der Waals surface area contributed by atoms with Gasteiger partial charge in [0.15, 0.2) is 0 Å². The fraction of sp³-hybridized carbons (Fsp3) is 0.207. The summed E-state index contributed by atoms with van der Waals surface area (Å²) < 4.78 is 1.63. The van der Waals surface area contributed by atoms with Crippen LogP contribution in [-0.2, 0) is 6.54 Å². The second-order valence-electron chi connectivity index (χ2n) is 9.28. The summed E-state index contributed by atoms with van der Waals surface area (Å²) in [5.41, 5.74) is 6.96. The Labute approximate surface area is 230 Å². The minimum absolute atomic E-state index is 0.0149. The molecule has 1 atom stereocenters. The first kappa shape index (κ1) is 26.0.